The Bertz CT molecular complexity index is 470. The molecule has 0 spiro atoms. The second-order valence-corrected chi connectivity index (χ2v) is 5.72. The summed E-state index contributed by atoms with van der Waals surface area (Å²) in [4.78, 5) is 23.2. The lowest BCUT2D eigenvalue weighted by molar-refractivity contribution is -0.120. The quantitative estimate of drug-likeness (QED) is 0.849. The van der Waals surface area contributed by atoms with Gasteiger partial charge in [-0.05, 0) is 24.3 Å². The Balaban J connectivity index is 1.56. The maximum Gasteiger partial charge on any atom is 0.407 e. The minimum Gasteiger partial charge on any atom is -0.445 e. The summed E-state index contributed by atoms with van der Waals surface area (Å²) in [5.41, 5.74) is 0.916. The van der Waals surface area contributed by atoms with Gasteiger partial charge in [0.2, 0.25) is 5.91 Å². The van der Waals surface area contributed by atoms with Gasteiger partial charge in [-0.1, -0.05) is 49.6 Å². The Morgan fingerprint density at radius 3 is 2.50 bits per heavy atom. The largest absolute Gasteiger partial charge is 0.445 e. The molecule has 1 aromatic rings. The molecule has 5 nitrogen and oxygen atoms in total. The summed E-state index contributed by atoms with van der Waals surface area (Å²) in [5, 5.41) is 5.34. The number of nitrogens with one attached hydrogen (secondary N) is 2. The molecular formula is C17H24N2O3. The third-order valence-corrected chi connectivity index (χ3v) is 3.92. The normalized spacial score (nSPS) is 15.1. The van der Waals surface area contributed by atoms with E-state index >= 15 is 0 Å². The summed E-state index contributed by atoms with van der Waals surface area (Å²) in [5.74, 6) is 0.421. The lowest BCUT2D eigenvalue weighted by Crippen LogP contribution is -2.39. The predicted molar refractivity (Wildman–Crippen MR) is 84.2 cm³/mol. The number of amides is 2. The van der Waals surface area contributed by atoms with Gasteiger partial charge < -0.3 is 15.4 Å². The second-order valence-electron chi connectivity index (χ2n) is 5.72. The number of ether oxygens (including phenoxy) is 1. The maximum absolute atomic E-state index is 11.7. The number of carbonyl (C=O) groups excluding carboxylic acids is 2. The van der Waals surface area contributed by atoms with Gasteiger partial charge in [-0.25, -0.2) is 4.79 Å². The molecule has 1 aromatic carbocycles. The van der Waals surface area contributed by atoms with Crippen molar-refractivity contribution in [3.63, 3.8) is 0 Å². The van der Waals surface area contributed by atoms with Crippen LogP contribution in [0.4, 0.5) is 4.79 Å². The van der Waals surface area contributed by atoms with Crippen LogP contribution in [0.3, 0.4) is 0 Å². The highest BCUT2D eigenvalue weighted by atomic mass is 16.5. The van der Waals surface area contributed by atoms with E-state index in [-0.39, 0.29) is 19.1 Å². The first-order valence-corrected chi connectivity index (χ1v) is 7.95. The van der Waals surface area contributed by atoms with Crippen LogP contribution >= 0.6 is 0 Å². The second kappa shape index (κ2) is 9.07. The predicted octanol–water partition coefficient (Wildman–Crippen LogP) is 2.61. The van der Waals surface area contributed by atoms with Crippen molar-refractivity contribution < 1.29 is 14.3 Å². The standard InChI is InChI=1S/C17H24N2O3/c20-16(18-11-14-7-3-1-4-8-14)12-19-17(21)22-13-15-9-5-2-6-10-15/h2,5-6,9-10,14H,1,3-4,7-8,11-13H2,(H,18,20)(H,19,21). The van der Waals surface area contributed by atoms with Crippen molar-refractivity contribution in [2.24, 2.45) is 5.92 Å². The van der Waals surface area contributed by atoms with Crippen LogP contribution in [0, 0.1) is 5.92 Å². The van der Waals surface area contributed by atoms with Gasteiger partial charge >= 0.3 is 6.09 Å². The van der Waals surface area contributed by atoms with Crippen molar-refractivity contribution in [3.05, 3.63) is 35.9 Å². The van der Waals surface area contributed by atoms with Crippen LogP contribution in [0.1, 0.15) is 37.7 Å². The molecule has 0 radical (unpaired) electrons. The Hall–Kier alpha value is -2.04. The highest BCUT2D eigenvalue weighted by Gasteiger charge is 2.14. The van der Waals surface area contributed by atoms with Crippen LogP contribution in [0.25, 0.3) is 0 Å². The summed E-state index contributed by atoms with van der Waals surface area (Å²) in [6.45, 7) is 0.871. The zero-order valence-electron chi connectivity index (χ0n) is 12.8. The van der Waals surface area contributed by atoms with Gasteiger partial charge in [-0.15, -0.1) is 0 Å². The third kappa shape index (κ3) is 6.16. The molecule has 5 heteroatoms. The van der Waals surface area contributed by atoms with Crippen LogP contribution in [0.15, 0.2) is 30.3 Å². The van der Waals surface area contributed by atoms with Gasteiger partial charge in [-0.2, -0.15) is 0 Å². The molecule has 0 aliphatic heterocycles. The zero-order valence-corrected chi connectivity index (χ0v) is 12.8. The van der Waals surface area contributed by atoms with Gasteiger partial charge in [-0.3, -0.25) is 4.79 Å². The summed E-state index contributed by atoms with van der Waals surface area (Å²) in [7, 11) is 0. The molecule has 0 atom stereocenters. The monoisotopic (exact) mass is 304 g/mol. The Kier molecular flexibility index (Phi) is 6.74. The van der Waals surface area contributed by atoms with Crippen LogP contribution in [0.5, 0.6) is 0 Å². The zero-order chi connectivity index (χ0) is 15.6. The first-order valence-electron chi connectivity index (χ1n) is 7.95. The average molecular weight is 304 g/mol. The van der Waals surface area contributed by atoms with E-state index in [2.05, 4.69) is 10.6 Å². The molecule has 2 N–H and O–H groups in total. The van der Waals surface area contributed by atoms with Crippen LogP contribution in [-0.2, 0) is 16.1 Å². The molecule has 1 aliphatic carbocycles. The molecular weight excluding hydrogens is 280 g/mol. The fraction of sp³-hybridized carbons (Fsp3) is 0.529. The molecule has 1 fully saturated rings. The number of rotatable bonds is 6. The average Bonchev–Trinajstić information content (AvgIpc) is 2.58. The Labute approximate surface area is 131 Å². The van der Waals surface area contributed by atoms with E-state index in [9.17, 15) is 9.59 Å². The highest BCUT2D eigenvalue weighted by Crippen LogP contribution is 2.22. The van der Waals surface area contributed by atoms with Crippen molar-refractivity contribution in [3.8, 4) is 0 Å². The van der Waals surface area contributed by atoms with Crippen LogP contribution in [0.2, 0.25) is 0 Å². The van der Waals surface area contributed by atoms with Crippen molar-refractivity contribution in [2.75, 3.05) is 13.1 Å². The van der Waals surface area contributed by atoms with Crippen molar-refractivity contribution in [1.29, 1.82) is 0 Å². The fourth-order valence-corrected chi connectivity index (χ4v) is 2.64. The Morgan fingerprint density at radius 2 is 1.77 bits per heavy atom. The van der Waals surface area contributed by atoms with Crippen molar-refractivity contribution in [1.82, 2.24) is 10.6 Å². The van der Waals surface area contributed by atoms with Gasteiger partial charge in [0.05, 0.1) is 6.54 Å². The molecule has 1 aliphatic rings. The van der Waals surface area contributed by atoms with E-state index in [1.54, 1.807) is 0 Å². The minimum absolute atomic E-state index is 0.0413. The van der Waals surface area contributed by atoms with Gasteiger partial charge in [0, 0.05) is 6.54 Å². The number of alkyl carbamates (subject to hydrolysis) is 1. The van der Waals surface area contributed by atoms with E-state index < -0.39 is 6.09 Å². The lowest BCUT2D eigenvalue weighted by Gasteiger charge is -2.21. The molecule has 0 heterocycles. The van der Waals surface area contributed by atoms with Gasteiger partial charge in [0.1, 0.15) is 6.61 Å². The van der Waals surface area contributed by atoms with Crippen molar-refractivity contribution in [2.45, 2.75) is 38.7 Å². The third-order valence-electron chi connectivity index (χ3n) is 3.92. The minimum atomic E-state index is -0.573. The Morgan fingerprint density at radius 1 is 1.05 bits per heavy atom. The highest BCUT2D eigenvalue weighted by molar-refractivity contribution is 5.82. The molecule has 0 aromatic heterocycles. The lowest BCUT2D eigenvalue weighted by atomic mass is 9.89. The molecule has 0 saturated heterocycles. The SMILES string of the molecule is O=C(CNC(=O)OCc1ccccc1)NCC1CCCCC1. The number of carbonyl (C=O) groups is 2. The molecule has 0 unspecified atom stereocenters. The fourth-order valence-electron chi connectivity index (χ4n) is 2.64. The summed E-state index contributed by atoms with van der Waals surface area (Å²) in [6.07, 6.45) is 5.62. The summed E-state index contributed by atoms with van der Waals surface area (Å²) >= 11 is 0. The maximum atomic E-state index is 11.7. The van der Waals surface area contributed by atoms with Crippen LogP contribution in [-0.4, -0.2) is 25.1 Å². The van der Waals surface area contributed by atoms with E-state index in [0.29, 0.717) is 12.5 Å². The van der Waals surface area contributed by atoms with E-state index in [1.165, 1.54) is 32.1 Å². The first kappa shape index (κ1) is 16.3. The van der Waals surface area contributed by atoms with Gasteiger partial charge in [0.15, 0.2) is 0 Å². The summed E-state index contributed by atoms with van der Waals surface area (Å²) in [6, 6.07) is 9.43. The molecule has 120 valence electrons. The topological polar surface area (TPSA) is 67.4 Å². The smallest absolute Gasteiger partial charge is 0.407 e. The summed E-state index contributed by atoms with van der Waals surface area (Å²) < 4.78 is 5.04. The molecule has 1 saturated carbocycles. The molecule has 22 heavy (non-hydrogen) atoms. The van der Waals surface area contributed by atoms with Crippen molar-refractivity contribution >= 4 is 12.0 Å². The number of benzene rings is 1. The van der Waals surface area contributed by atoms with E-state index in [0.717, 1.165) is 5.56 Å². The molecule has 2 amide bonds. The van der Waals surface area contributed by atoms with E-state index in [4.69, 9.17) is 4.74 Å². The van der Waals surface area contributed by atoms with Gasteiger partial charge in [0.25, 0.3) is 0 Å². The molecule has 2 rings (SSSR count). The van der Waals surface area contributed by atoms with Crippen LogP contribution < -0.4 is 10.6 Å². The first-order chi connectivity index (χ1) is 10.7. The number of hydrogen-bond donors (Lipinski definition) is 2. The molecule has 0 bridgehead atoms. The van der Waals surface area contributed by atoms with E-state index in [1.807, 2.05) is 30.3 Å². The number of hydrogen-bond acceptors (Lipinski definition) is 3.